The Balaban J connectivity index is 2.44. The van der Waals surface area contributed by atoms with Crippen molar-refractivity contribution >= 4 is 12.0 Å². The van der Waals surface area contributed by atoms with Crippen molar-refractivity contribution in [3.8, 4) is 0 Å². The maximum Gasteiger partial charge on any atom is 0.319 e. The van der Waals surface area contributed by atoms with Crippen LogP contribution in [0.4, 0.5) is 4.79 Å². The van der Waals surface area contributed by atoms with Gasteiger partial charge in [-0.3, -0.25) is 4.79 Å². The van der Waals surface area contributed by atoms with Crippen LogP contribution < -0.4 is 0 Å². The second kappa shape index (κ2) is 7.53. The molecule has 1 aromatic carbocycles. The fraction of sp³-hybridized carbons (Fsp3) is 0.467. The number of rotatable bonds is 6. The molecule has 0 heterocycles. The largest absolute Gasteiger partial charge is 0.481 e. The first-order valence-electron chi connectivity index (χ1n) is 6.64. The second-order valence-corrected chi connectivity index (χ2v) is 5.06. The van der Waals surface area contributed by atoms with E-state index in [4.69, 9.17) is 5.11 Å². The first-order chi connectivity index (χ1) is 9.41. The van der Waals surface area contributed by atoms with E-state index in [-0.39, 0.29) is 12.6 Å². The fourth-order valence-corrected chi connectivity index (χ4v) is 1.90. The number of carbonyl (C=O) groups is 2. The molecular weight excluding hydrogens is 256 g/mol. The molecule has 0 fully saturated rings. The molecule has 1 rings (SSSR count). The average molecular weight is 278 g/mol. The van der Waals surface area contributed by atoms with E-state index in [2.05, 4.69) is 0 Å². The number of aliphatic carboxylic acids is 1. The predicted molar refractivity (Wildman–Crippen MR) is 77.6 cm³/mol. The van der Waals surface area contributed by atoms with E-state index < -0.39 is 11.9 Å². The van der Waals surface area contributed by atoms with Gasteiger partial charge in [-0.15, -0.1) is 0 Å². The summed E-state index contributed by atoms with van der Waals surface area (Å²) in [5.74, 6) is -1.46. The maximum absolute atomic E-state index is 12.1. The summed E-state index contributed by atoms with van der Waals surface area (Å²) in [5, 5.41) is 8.85. The van der Waals surface area contributed by atoms with Crippen molar-refractivity contribution in [3.05, 3.63) is 35.9 Å². The molecule has 5 nitrogen and oxygen atoms in total. The minimum absolute atomic E-state index is 0.158. The summed E-state index contributed by atoms with van der Waals surface area (Å²) in [5.41, 5.74) is 1.17. The van der Waals surface area contributed by atoms with Gasteiger partial charge in [-0.25, -0.2) is 4.79 Å². The standard InChI is InChI=1S/C15H22N2O3/c1-12(14(18)19)11-17(3)15(20)16(2)10-9-13-7-5-4-6-8-13/h4-8,12H,9-11H2,1-3H3,(H,18,19). The highest BCUT2D eigenvalue weighted by Gasteiger charge is 2.19. The molecule has 0 spiro atoms. The summed E-state index contributed by atoms with van der Waals surface area (Å²) in [4.78, 5) is 25.9. The summed E-state index contributed by atoms with van der Waals surface area (Å²) in [6.45, 7) is 2.41. The summed E-state index contributed by atoms with van der Waals surface area (Å²) >= 11 is 0. The zero-order chi connectivity index (χ0) is 15.1. The van der Waals surface area contributed by atoms with Crippen LogP contribution in [0.15, 0.2) is 30.3 Å². The molecule has 0 bridgehead atoms. The Morgan fingerprint density at radius 3 is 2.30 bits per heavy atom. The number of likely N-dealkylation sites (N-methyl/N-ethyl adjacent to an activating group) is 1. The lowest BCUT2D eigenvalue weighted by atomic mass is 10.1. The monoisotopic (exact) mass is 278 g/mol. The number of hydrogen-bond donors (Lipinski definition) is 1. The molecule has 0 saturated heterocycles. The Morgan fingerprint density at radius 2 is 1.75 bits per heavy atom. The molecule has 1 N–H and O–H groups in total. The van der Waals surface area contributed by atoms with Crippen molar-refractivity contribution in [1.29, 1.82) is 0 Å². The topological polar surface area (TPSA) is 60.9 Å². The van der Waals surface area contributed by atoms with Crippen molar-refractivity contribution in [2.75, 3.05) is 27.2 Å². The molecule has 0 aliphatic heterocycles. The van der Waals surface area contributed by atoms with Gasteiger partial charge in [0.2, 0.25) is 0 Å². The van der Waals surface area contributed by atoms with Crippen LogP contribution in [0.2, 0.25) is 0 Å². The third-order valence-electron chi connectivity index (χ3n) is 3.20. The minimum atomic E-state index is -0.892. The van der Waals surface area contributed by atoms with Gasteiger partial charge in [-0.2, -0.15) is 0 Å². The molecule has 110 valence electrons. The number of carboxylic acid groups (broad SMARTS) is 1. The van der Waals surface area contributed by atoms with Gasteiger partial charge in [0.1, 0.15) is 0 Å². The lowest BCUT2D eigenvalue weighted by molar-refractivity contribution is -0.141. The van der Waals surface area contributed by atoms with Gasteiger partial charge in [0.15, 0.2) is 0 Å². The van der Waals surface area contributed by atoms with E-state index in [0.717, 1.165) is 6.42 Å². The first-order valence-corrected chi connectivity index (χ1v) is 6.64. The summed E-state index contributed by atoms with van der Waals surface area (Å²) in [6, 6.07) is 9.78. The van der Waals surface area contributed by atoms with Crippen molar-refractivity contribution in [1.82, 2.24) is 9.80 Å². The lowest BCUT2D eigenvalue weighted by Crippen LogP contribution is -2.42. The summed E-state index contributed by atoms with van der Waals surface area (Å²) in [6.07, 6.45) is 0.783. The van der Waals surface area contributed by atoms with Gasteiger partial charge in [-0.1, -0.05) is 37.3 Å². The number of carboxylic acids is 1. The molecule has 0 saturated carbocycles. The first kappa shape index (κ1) is 16.0. The highest BCUT2D eigenvalue weighted by molar-refractivity contribution is 5.75. The number of amides is 2. The molecule has 2 amide bonds. The number of nitrogens with zero attached hydrogens (tertiary/aromatic N) is 2. The summed E-state index contributed by atoms with van der Waals surface area (Å²) < 4.78 is 0. The van der Waals surface area contributed by atoms with Crippen LogP contribution in [0.5, 0.6) is 0 Å². The Morgan fingerprint density at radius 1 is 1.15 bits per heavy atom. The van der Waals surface area contributed by atoms with Crippen molar-refractivity contribution in [2.45, 2.75) is 13.3 Å². The maximum atomic E-state index is 12.1. The van der Waals surface area contributed by atoms with Crippen LogP contribution in [0.3, 0.4) is 0 Å². The van der Waals surface area contributed by atoms with E-state index in [1.54, 1.807) is 25.9 Å². The zero-order valence-corrected chi connectivity index (χ0v) is 12.2. The van der Waals surface area contributed by atoms with Gasteiger partial charge in [0.25, 0.3) is 0 Å². The Labute approximate surface area is 119 Å². The van der Waals surface area contributed by atoms with Crippen LogP contribution in [-0.2, 0) is 11.2 Å². The third kappa shape index (κ3) is 4.91. The SMILES string of the molecule is CC(CN(C)C(=O)N(C)CCc1ccccc1)C(=O)O. The van der Waals surface area contributed by atoms with Gasteiger partial charge >= 0.3 is 12.0 Å². The Hall–Kier alpha value is -2.04. The normalized spacial score (nSPS) is 11.8. The zero-order valence-electron chi connectivity index (χ0n) is 12.2. The molecule has 1 unspecified atom stereocenters. The number of urea groups is 1. The van der Waals surface area contributed by atoms with Crippen LogP contribution in [-0.4, -0.2) is 54.1 Å². The van der Waals surface area contributed by atoms with Crippen molar-refractivity contribution in [3.63, 3.8) is 0 Å². The van der Waals surface area contributed by atoms with Gasteiger partial charge in [0.05, 0.1) is 5.92 Å². The van der Waals surface area contributed by atoms with Gasteiger partial charge < -0.3 is 14.9 Å². The van der Waals surface area contributed by atoms with Crippen LogP contribution in [0.1, 0.15) is 12.5 Å². The molecule has 1 atom stereocenters. The van der Waals surface area contributed by atoms with Gasteiger partial charge in [0, 0.05) is 27.2 Å². The van der Waals surface area contributed by atoms with Gasteiger partial charge in [-0.05, 0) is 12.0 Å². The molecule has 0 aromatic heterocycles. The Bertz CT molecular complexity index is 448. The van der Waals surface area contributed by atoms with E-state index in [0.29, 0.717) is 6.54 Å². The van der Waals surface area contributed by atoms with Crippen molar-refractivity contribution < 1.29 is 14.7 Å². The highest BCUT2D eigenvalue weighted by atomic mass is 16.4. The molecule has 5 heteroatoms. The molecule has 0 aliphatic carbocycles. The second-order valence-electron chi connectivity index (χ2n) is 5.06. The number of benzene rings is 1. The molecule has 20 heavy (non-hydrogen) atoms. The smallest absolute Gasteiger partial charge is 0.319 e. The van der Waals surface area contributed by atoms with Crippen LogP contribution in [0, 0.1) is 5.92 Å². The number of carbonyl (C=O) groups excluding carboxylic acids is 1. The van der Waals surface area contributed by atoms with E-state index >= 15 is 0 Å². The van der Waals surface area contributed by atoms with E-state index in [9.17, 15) is 9.59 Å². The lowest BCUT2D eigenvalue weighted by Gasteiger charge is -2.26. The van der Waals surface area contributed by atoms with Crippen LogP contribution in [0.25, 0.3) is 0 Å². The highest BCUT2D eigenvalue weighted by Crippen LogP contribution is 2.04. The average Bonchev–Trinajstić information content (AvgIpc) is 2.44. The number of hydrogen-bond acceptors (Lipinski definition) is 2. The van der Waals surface area contributed by atoms with Crippen molar-refractivity contribution in [2.24, 2.45) is 5.92 Å². The van der Waals surface area contributed by atoms with E-state index in [1.807, 2.05) is 30.3 Å². The molecule has 0 radical (unpaired) electrons. The molecular formula is C15H22N2O3. The molecule has 1 aromatic rings. The molecule has 0 aliphatic rings. The predicted octanol–water partition coefficient (Wildman–Crippen LogP) is 1.93. The quantitative estimate of drug-likeness (QED) is 0.865. The minimum Gasteiger partial charge on any atom is -0.481 e. The third-order valence-corrected chi connectivity index (χ3v) is 3.20. The Kier molecular flexibility index (Phi) is 6.03. The summed E-state index contributed by atoms with van der Waals surface area (Å²) in [7, 11) is 3.36. The van der Waals surface area contributed by atoms with E-state index in [1.165, 1.54) is 10.5 Å². The fourth-order valence-electron chi connectivity index (χ4n) is 1.90. The van der Waals surface area contributed by atoms with Crippen LogP contribution >= 0.6 is 0 Å².